The number of hydrogen-bond acceptors (Lipinski definition) is 2. The van der Waals surface area contributed by atoms with Crippen molar-refractivity contribution >= 4 is 10.8 Å². The van der Waals surface area contributed by atoms with Crippen LogP contribution in [0.3, 0.4) is 0 Å². The van der Waals surface area contributed by atoms with Crippen LogP contribution in [0.4, 0.5) is 0 Å². The summed E-state index contributed by atoms with van der Waals surface area (Å²) in [5, 5.41) is 2.63. The van der Waals surface area contributed by atoms with Gasteiger partial charge in [0.05, 0.1) is 0 Å². The maximum absolute atomic E-state index is 5.75. The van der Waals surface area contributed by atoms with Gasteiger partial charge in [0.25, 0.3) is 0 Å². The van der Waals surface area contributed by atoms with Crippen LogP contribution in [0, 0.1) is 11.8 Å². The minimum atomic E-state index is 0.311. The zero-order chi connectivity index (χ0) is 13.8. The second-order valence-electron chi connectivity index (χ2n) is 5.72. The molecule has 0 amide bonds. The van der Waals surface area contributed by atoms with Gasteiger partial charge in [-0.2, -0.15) is 0 Å². The first-order valence-electron chi connectivity index (χ1n) is 7.06. The van der Waals surface area contributed by atoms with Gasteiger partial charge in [0.2, 0.25) is 0 Å². The molecule has 2 heteroatoms. The van der Waals surface area contributed by atoms with Crippen LogP contribution in [0.2, 0.25) is 0 Å². The van der Waals surface area contributed by atoms with Crippen LogP contribution in [-0.2, 0) is 6.42 Å². The minimum absolute atomic E-state index is 0.311. The number of nitrogens with two attached hydrogens (primary N) is 1. The summed E-state index contributed by atoms with van der Waals surface area (Å²) in [5.41, 5.74) is 4.37. The predicted octanol–water partition coefficient (Wildman–Crippen LogP) is 3.51. The summed E-state index contributed by atoms with van der Waals surface area (Å²) in [5.74, 6) is 6.92. The first-order chi connectivity index (χ1) is 9.13. The second-order valence-corrected chi connectivity index (χ2v) is 5.72. The molecule has 0 spiro atoms. The molecule has 2 unspecified atom stereocenters. The highest BCUT2D eigenvalue weighted by atomic mass is 15.2. The molecule has 0 aliphatic carbocycles. The van der Waals surface area contributed by atoms with Crippen molar-refractivity contribution in [2.75, 3.05) is 0 Å². The molecule has 102 valence electrons. The van der Waals surface area contributed by atoms with Crippen molar-refractivity contribution in [2.24, 2.45) is 17.7 Å². The molecule has 0 heterocycles. The van der Waals surface area contributed by atoms with E-state index in [0.717, 1.165) is 6.42 Å². The average Bonchev–Trinajstić information content (AvgIpc) is 2.44. The van der Waals surface area contributed by atoms with Gasteiger partial charge in [0, 0.05) is 6.04 Å². The molecule has 0 aliphatic heterocycles. The standard InChI is InChI=1S/C17H24N2/c1-12(2)13(3)17(19-18)11-15-9-6-8-14-7-4-5-10-16(14)15/h4-10,12-13,17,19H,11,18H2,1-3H3. The third-order valence-corrected chi connectivity index (χ3v) is 4.22. The third-order valence-electron chi connectivity index (χ3n) is 4.22. The Hall–Kier alpha value is -1.38. The Balaban J connectivity index is 2.29. The Morgan fingerprint density at radius 1 is 1.00 bits per heavy atom. The summed E-state index contributed by atoms with van der Waals surface area (Å²) in [6, 6.07) is 15.4. The van der Waals surface area contributed by atoms with E-state index < -0.39 is 0 Å². The molecule has 0 radical (unpaired) electrons. The van der Waals surface area contributed by atoms with Crippen molar-refractivity contribution in [1.29, 1.82) is 0 Å². The van der Waals surface area contributed by atoms with E-state index >= 15 is 0 Å². The van der Waals surface area contributed by atoms with E-state index in [0.29, 0.717) is 17.9 Å². The second kappa shape index (κ2) is 6.18. The molecule has 3 N–H and O–H groups in total. The first-order valence-corrected chi connectivity index (χ1v) is 7.06. The maximum Gasteiger partial charge on any atom is 0.0279 e. The smallest absolute Gasteiger partial charge is 0.0279 e. The Kier molecular flexibility index (Phi) is 4.56. The van der Waals surface area contributed by atoms with Crippen LogP contribution in [-0.4, -0.2) is 6.04 Å². The van der Waals surface area contributed by atoms with Crippen molar-refractivity contribution < 1.29 is 0 Å². The summed E-state index contributed by atoms with van der Waals surface area (Å²) >= 11 is 0. The van der Waals surface area contributed by atoms with E-state index in [1.807, 2.05) is 0 Å². The van der Waals surface area contributed by atoms with E-state index in [1.54, 1.807) is 0 Å². The highest BCUT2D eigenvalue weighted by Crippen LogP contribution is 2.23. The molecule has 2 rings (SSSR count). The van der Waals surface area contributed by atoms with E-state index in [1.165, 1.54) is 16.3 Å². The normalized spacial score (nSPS) is 14.8. The molecule has 2 aromatic rings. The molecule has 19 heavy (non-hydrogen) atoms. The van der Waals surface area contributed by atoms with Gasteiger partial charge in [-0.15, -0.1) is 0 Å². The van der Waals surface area contributed by atoms with Crippen LogP contribution in [0.15, 0.2) is 42.5 Å². The van der Waals surface area contributed by atoms with Gasteiger partial charge in [-0.1, -0.05) is 63.2 Å². The SMILES string of the molecule is CC(C)C(C)C(Cc1cccc2ccccc12)NN. The van der Waals surface area contributed by atoms with Gasteiger partial charge in [-0.25, -0.2) is 0 Å². The fraction of sp³-hybridized carbons (Fsp3) is 0.412. The van der Waals surface area contributed by atoms with Gasteiger partial charge >= 0.3 is 0 Å². The Labute approximate surface area is 116 Å². The van der Waals surface area contributed by atoms with Gasteiger partial charge < -0.3 is 0 Å². The average molecular weight is 256 g/mol. The van der Waals surface area contributed by atoms with Crippen LogP contribution in [0.5, 0.6) is 0 Å². The maximum atomic E-state index is 5.75. The van der Waals surface area contributed by atoms with Gasteiger partial charge in [0.15, 0.2) is 0 Å². The largest absolute Gasteiger partial charge is 0.271 e. The lowest BCUT2D eigenvalue weighted by Gasteiger charge is -2.26. The summed E-state index contributed by atoms with van der Waals surface area (Å²) in [7, 11) is 0. The molecular weight excluding hydrogens is 232 g/mol. The number of hydrazine groups is 1. The highest BCUT2D eigenvalue weighted by molar-refractivity contribution is 5.85. The Morgan fingerprint density at radius 3 is 2.37 bits per heavy atom. The topological polar surface area (TPSA) is 38.0 Å². The molecular formula is C17H24N2. The Morgan fingerprint density at radius 2 is 1.68 bits per heavy atom. The first kappa shape index (κ1) is 14.0. The molecule has 2 aromatic carbocycles. The van der Waals surface area contributed by atoms with Crippen LogP contribution < -0.4 is 11.3 Å². The molecule has 0 aromatic heterocycles. The van der Waals surface area contributed by atoms with E-state index in [-0.39, 0.29) is 0 Å². The molecule has 0 bridgehead atoms. The highest BCUT2D eigenvalue weighted by Gasteiger charge is 2.19. The number of rotatable bonds is 5. The van der Waals surface area contributed by atoms with Gasteiger partial charge in [-0.05, 0) is 34.6 Å². The lowest BCUT2D eigenvalue weighted by atomic mass is 9.86. The predicted molar refractivity (Wildman–Crippen MR) is 82.8 cm³/mol. The molecule has 2 atom stereocenters. The number of fused-ring (bicyclic) bond motifs is 1. The van der Waals surface area contributed by atoms with Crippen LogP contribution >= 0.6 is 0 Å². The zero-order valence-corrected chi connectivity index (χ0v) is 12.1. The van der Waals surface area contributed by atoms with E-state index in [9.17, 15) is 0 Å². The molecule has 2 nitrogen and oxygen atoms in total. The fourth-order valence-electron chi connectivity index (χ4n) is 2.57. The van der Waals surface area contributed by atoms with Crippen molar-refractivity contribution in [2.45, 2.75) is 33.2 Å². The van der Waals surface area contributed by atoms with E-state index in [2.05, 4.69) is 68.7 Å². The Bertz CT molecular complexity index is 528. The minimum Gasteiger partial charge on any atom is -0.271 e. The fourth-order valence-corrected chi connectivity index (χ4v) is 2.57. The molecule has 0 aliphatic rings. The monoisotopic (exact) mass is 256 g/mol. The van der Waals surface area contributed by atoms with Gasteiger partial charge in [-0.3, -0.25) is 11.3 Å². The lowest BCUT2D eigenvalue weighted by Crippen LogP contribution is -2.43. The summed E-state index contributed by atoms with van der Waals surface area (Å²) < 4.78 is 0. The van der Waals surface area contributed by atoms with Crippen LogP contribution in [0.1, 0.15) is 26.3 Å². The third kappa shape index (κ3) is 3.14. The summed E-state index contributed by atoms with van der Waals surface area (Å²) in [6.45, 7) is 6.76. The lowest BCUT2D eigenvalue weighted by molar-refractivity contribution is 0.300. The number of hydrogen-bond donors (Lipinski definition) is 2. The van der Waals surface area contributed by atoms with Crippen molar-refractivity contribution in [3.63, 3.8) is 0 Å². The molecule has 0 saturated heterocycles. The van der Waals surface area contributed by atoms with E-state index in [4.69, 9.17) is 5.84 Å². The summed E-state index contributed by atoms with van der Waals surface area (Å²) in [4.78, 5) is 0. The van der Waals surface area contributed by atoms with Crippen molar-refractivity contribution in [1.82, 2.24) is 5.43 Å². The molecule has 0 saturated carbocycles. The zero-order valence-electron chi connectivity index (χ0n) is 12.1. The quantitative estimate of drug-likeness (QED) is 0.634. The van der Waals surface area contributed by atoms with Gasteiger partial charge in [0.1, 0.15) is 0 Å². The van der Waals surface area contributed by atoms with Crippen molar-refractivity contribution in [3.05, 3.63) is 48.0 Å². The number of benzene rings is 2. The van der Waals surface area contributed by atoms with Crippen molar-refractivity contribution in [3.8, 4) is 0 Å². The van der Waals surface area contributed by atoms with Crippen LogP contribution in [0.25, 0.3) is 10.8 Å². The number of nitrogens with one attached hydrogen (secondary N) is 1. The summed E-state index contributed by atoms with van der Waals surface area (Å²) in [6.07, 6.45) is 0.969. The molecule has 0 fully saturated rings.